The lowest BCUT2D eigenvalue weighted by Gasteiger charge is -2.21. The number of H-pyrrole nitrogens is 1. The molecule has 0 spiro atoms. The van der Waals surface area contributed by atoms with Gasteiger partial charge in [0.15, 0.2) is 0 Å². The van der Waals surface area contributed by atoms with Crippen LogP contribution in [0, 0.1) is 6.92 Å². The van der Waals surface area contributed by atoms with Crippen molar-refractivity contribution in [2.75, 3.05) is 25.0 Å². The maximum Gasteiger partial charge on any atom is 0.252 e. The first kappa shape index (κ1) is 14.5. The molecule has 2 rings (SSSR count). The number of aromatic nitrogens is 2. The van der Waals surface area contributed by atoms with Crippen LogP contribution >= 0.6 is 0 Å². The molecule has 0 aliphatic carbocycles. The van der Waals surface area contributed by atoms with Crippen LogP contribution < -0.4 is 16.2 Å². The number of aryl methyl sites for hydroxylation is 1. The molecule has 3 N–H and O–H groups in total. The summed E-state index contributed by atoms with van der Waals surface area (Å²) in [6.45, 7) is 5.11. The summed E-state index contributed by atoms with van der Waals surface area (Å²) < 4.78 is 5.46. The normalized spacial score (nSPS) is 21.7. The number of hydrogen-bond acceptors (Lipinski definition) is 5. The topological polar surface area (TPSA) is 96.1 Å². The van der Waals surface area contributed by atoms with Crippen molar-refractivity contribution in [3.05, 3.63) is 22.1 Å². The number of anilines is 1. The highest BCUT2D eigenvalue weighted by atomic mass is 16.5. The summed E-state index contributed by atoms with van der Waals surface area (Å²) in [4.78, 5) is 29.9. The lowest BCUT2D eigenvalue weighted by atomic mass is 10.0. The molecule has 2 heterocycles. The van der Waals surface area contributed by atoms with Crippen LogP contribution in [0.4, 0.5) is 5.95 Å². The molecular formula is C13H20N4O3. The second kappa shape index (κ2) is 6.04. The SMILES string of the molecule is Cc1cc(=O)[nH]c(NCCNC(=O)[C@]2(C)CCCO2)n1. The second-order valence-corrected chi connectivity index (χ2v) is 5.10. The first-order valence-electron chi connectivity index (χ1n) is 6.74. The highest BCUT2D eigenvalue weighted by Gasteiger charge is 2.37. The monoisotopic (exact) mass is 280 g/mol. The average Bonchev–Trinajstić information content (AvgIpc) is 2.81. The van der Waals surface area contributed by atoms with Crippen LogP contribution in [0.25, 0.3) is 0 Å². The first-order chi connectivity index (χ1) is 9.49. The number of ether oxygens (including phenoxy) is 1. The first-order valence-corrected chi connectivity index (χ1v) is 6.74. The van der Waals surface area contributed by atoms with Gasteiger partial charge in [0.1, 0.15) is 5.60 Å². The van der Waals surface area contributed by atoms with Gasteiger partial charge in [0, 0.05) is 31.5 Å². The van der Waals surface area contributed by atoms with E-state index in [0.717, 1.165) is 12.8 Å². The molecule has 0 bridgehead atoms. The fourth-order valence-electron chi connectivity index (χ4n) is 2.16. The standard InChI is InChI=1S/C13H20N4O3/c1-9-8-10(18)17-12(16-9)15-6-5-14-11(19)13(2)4-3-7-20-13/h8H,3-7H2,1-2H3,(H,14,19)(H2,15,16,17,18)/t13-/m0/s1. The molecule has 1 amide bonds. The van der Waals surface area contributed by atoms with E-state index in [4.69, 9.17) is 4.74 Å². The Labute approximate surface area is 117 Å². The van der Waals surface area contributed by atoms with Gasteiger partial charge in [-0.3, -0.25) is 14.6 Å². The largest absolute Gasteiger partial charge is 0.365 e. The summed E-state index contributed by atoms with van der Waals surface area (Å²) in [5.41, 5.74) is -0.251. The number of amides is 1. The molecule has 0 radical (unpaired) electrons. The highest BCUT2D eigenvalue weighted by molar-refractivity contribution is 5.85. The third kappa shape index (κ3) is 3.57. The number of rotatable bonds is 5. The zero-order chi connectivity index (χ0) is 14.6. The number of nitrogens with one attached hydrogen (secondary N) is 3. The van der Waals surface area contributed by atoms with Gasteiger partial charge >= 0.3 is 0 Å². The van der Waals surface area contributed by atoms with E-state index in [0.29, 0.717) is 31.3 Å². The number of hydrogen-bond donors (Lipinski definition) is 3. The Bertz CT molecular complexity index is 535. The van der Waals surface area contributed by atoms with E-state index < -0.39 is 5.60 Å². The molecule has 1 aromatic rings. The lowest BCUT2D eigenvalue weighted by Crippen LogP contribution is -2.45. The van der Waals surface area contributed by atoms with Gasteiger partial charge < -0.3 is 15.4 Å². The fraction of sp³-hybridized carbons (Fsp3) is 0.615. The number of nitrogens with zero attached hydrogens (tertiary/aromatic N) is 1. The number of carbonyl (C=O) groups is 1. The van der Waals surface area contributed by atoms with E-state index in [9.17, 15) is 9.59 Å². The Morgan fingerprint density at radius 3 is 3.00 bits per heavy atom. The van der Waals surface area contributed by atoms with E-state index in [1.165, 1.54) is 6.07 Å². The quantitative estimate of drug-likeness (QED) is 0.668. The molecule has 1 aromatic heterocycles. The van der Waals surface area contributed by atoms with Crippen molar-refractivity contribution in [1.29, 1.82) is 0 Å². The Morgan fingerprint density at radius 1 is 1.55 bits per heavy atom. The van der Waals surface area contributed by atoms with Gasteiger partial charge in [0.05, 0.1) is 0 Å². The van der Waals surface area contributed by atoms with Crippen molar-refractivity contribution in [2.45, 2.75) is 32.3 Å². The van der Waals surface area contributed by atoms with E-state index in [1.807, 2.05) is 6.92 Å². The van der Waals surface area contributed by atoms with Crippen molar-refractivity contribution in [1.82, 2.24) is 15.3 Å². The van der Waals surface area contributed by atoms with Gasteiger partial charge in [-0.1, -0.05) is 0 Å². The molecule has 20 heavy (non-hydrogen) atoms. The summed E-state index contributed by atoms with van der Waals surface area (Å²) in [6, 6.07) is 1.42. The molecule has 1 atom stereocenters. The minimum Gasteiger partial charge on any atom is -0.365 e. The zero-order valence-corrected chi connectivity index (χ0v) is 11.8. The number of carbonyl (C=O) groups excluding carboxylic acids is 1. The fourth-order valence-corrected chi connectivity index (χ4v) is 2.16. The summed E-state index contributed by atoms with van der Waals surface area (Å²) in [5, 5.41) is 5.78. The Morgan fingerprint density at radius 2 is 2.35 bits per heavy atom. The van der Waals surface area contributed by atoms with Crippen LogP contribution in [0.5, 0.6) is 0 Å². The molecule has 1 aliphatic heterocycles. The summed E-state index contributed by atoms with van der Waals surface area (Å²) in [5.74, 6) is 0.315. The molecule has 0 unspecified atom stereocenters. The molecule has 0 saturated carbocycles. The smallest absolute Gasteiger partial charge is 0.252 e. The molecule has 7 nitrogen and oxygen atoms in total. The minimum absolute atomic E-state index is 0.0949. The maximum atomic E-state index is 11.9. The van der Waals surface area contributed by atoms with Crippen LogP contribution in [0.3, 0.4) is 0 Å². The average molecular weight is 280 g/mol. The van der Waals surface area contributed by atoms with Gasteiger partial charge in [0.2, 0.25) is 5.95 Å². The predicted octanol–water partition coefficient (Wildman–Crippen LogP) is 0.176. The van der Waals surface area contributed by atoms with Crippen molar-refractivity contribution in [2.24, 2.45) is 0 Å². The van der Waals surface area contributed by atoms with Gasteiger partial charge in [-0.25, -0.2) is 4.98 Å². The van der Waals surface area contributed by atoms with Crippen LogP contribution in [0.15, 0.2) is 10.9 Å². The van der Waals surface area contributed by atoms with Crippen LogP contribution in [0.2, 0.25) is 0 Å². The molecule has 110 valence electrons. The molecule has 1 fully saturated rings. The summed E-state index contributed by atoms with van der Waals surface area (Å²) >= 11 is 0. The number of aromatic amines is 1. The summed E-state index contributed by atoms with van der Waals surface area (Å²) in [6.07, 6.45) is 1.66. The third-order valence-corrected chi connectivity index (χ3v) is 3.27. The van der Waals surface area contributed by atoms with Crippen molar-refractivity contribution in [3.8, 4) is 0 Å². The van der Waals surface area contributed by atoms with Gasteiger partial charge in [-0.2, -0.15) is 0 Å². The third-order valence-electron chi connectivity index (χ3n) is 3.27. The van der Waals surface area contributed by atoms with Crippen molar-refractivity contribution < 1.29 is 9.53 Å². The Kier molecular flexibility index (Phi) is 4.39. The van der Waals surface area contributed by atoms with Gasteiger partial charge in [0.25, 0.3) is 11.5 Å². The van der Waals surface area contributed by atoms with Crippen LogP contribution in [-0.2, 0) is 9.53 Å². The van der Waals surface area contributed by atoms with Crippen LogP contribution in [0.1, 0.15) is 25.5 Å². The van der Waals surface area contributed by atoms with E-state index >= 15 is 0 Å². The van der Waals surface area contributed by atoms with Crippen molar-refractivity contribution in [3.63, 3.8) is 0 Å². The van der Waals surface area contributed by atoms with Gasteiger partial charge in [-0.05, 0) is 26.7 Å². The van der Waals surface area contributed by atoms with E-state index in [-0.39, 0.29) is 11.5 Å². The molecule has 0 aromatic carbocycles. The minimum atomic E-state index is -0.699. The zero-order valence-electron chi connectivity index (χ0n) is 11.8. The Balaban J connectivity index is 1.76. The molecule has 1 saturated heterocycles. The molecular weight excluding hydrogens is 260 g/mol. The van der Waals surface area contributed by atoms with E-state index in [1.54, 1.807) is 6.92 Å². The summed E-state index contributed by atoms with van der Waals surface area (Å²) in [7, 11) is 0. The lowest BCUT2D eigenvalue weighted by molar-refractivity contribution is -0.139. The molecule has 1 aliphatic rings. The maximum absolute atomic E-state index is 11.9. The van der Waals surface area contributed by atoms with Gasteiger partial charge in [-0.15, -0.1) is 0 Å². The Hall–Kier alpha value is -1.89. The predicted molar refractivity (Wildman–Crippen MR) is 74.7 cm³/mol. The van der Waals surface area contributed by atoms with E-state index in [2.05, 4.69) is 20.6 Å². The van der Waals surface area contributed by atoms with Crippen LogP contribution in [-0.4, -0.2) is 41.2 Å². The second-order valence-electron chi connectivity index (χ2n) is 5.10. The highest BCUT2D eigenvalue weighted by Crippen LogP contribution is 2.24. The molecule has 7 heteroatoms. The van der Waals surface area contributed by atoms with Crippen molar-refractivity contribution >= 4 is 11.9 Å².